The van der Waals surface area contributed by atoms with Crippen molar-refractivity contribution in [3.05, 3.63) is 47.0 Å². The number of likely N-dealkylation sites (tertiary alicyclic amines) is 1. The van der Waals surface area contributed by atoms with E-state index in [1.807, 2.05) is 11.9 Å². The van der Waals surface area contributed by atoms with Gasteiger partial charge in [0.1, 0.15) is 11.5 Å². The number of hydrogen-bond acceptors (Lipinski definition) is 3. The van der Waals surface area contributed by atoms with Crippen LogP contribution in [0.4, 0.5) is 4.39 Å². The molecule has 7 heteroatoms. The number of rotatable bonds is 4. The van der Waals surface area contributed by atoms with E-state index in [-0.39, 0.29) is 24.1 Å². The van der Waals surface area contributed by atoms with Crippen LogP contribution in [-0.4, -0.2) is 47.3 Å². The minimum atomic E-state index is -0.309. The van der Waals surface area contributed by atoms with E-state index < -0.39 is 0 Å². The van der Waals surface area contributed by atoms with Gasteiger partial charge >= 0.3 is 0 Å². The second kappa shape index (κ2) is 8.40. The number of benzene rings is 1. The van der Waals surface area contributed by atoms with Gasteiger partial charge in [-0.05, 0) is 63.7 Å². The molecular weight excluding hydrogens is 367 g/mol. The third-order valence-corrected chi connectivity index (χ3v) is 5.51. The monoisotopic (exact) mass is 392 g/mol. The number of fused-ring (bicyclic) bond motifs is 1. The Morgan fingerprint density at radius 2 is 2.11 bits per heavy atom. The van der Waals surface area contributed by atoms with Crippen molar-refractivity contribution in [2.75, 3.05) is 26.7 Å². The normalized spacial score (nSPS) is 18.9. The predicted molar refractivity (Wildman–Crippen MR) is 105 cm³/mol. The van der Waals surface area contributed by atoms with Gasteiger partial charge in [-0.1, -0.05) is 12.1 Å². The molecule has 5 nitrogen and oxygen atoms in total. The van der Waals surface area contributed by atoms with Crippen molar-refractivity contribution < 1.29 is 9.18 Å². The first-order chi connectivity index (χ1) is 12.7. The Balaban J connectivity index is 0.00000210. The van der Waals surface area contributed by atoms with Crippen LogP contribution >= 0.6 is 12.4 Å². The molecule has 0 bridgehead atoms. The first-order valence-electron chi connectivity index (χ1n) is 9.48. The molecule has 1 aromatic carbocycles. The van der Waals surface area contributed by atoms with Crippen LogP contribution in [0.5, 0.6) is 0 Å². The molecule has 0 spiro atoms. The average molecular weight is 393 g/mol. The minimum Gasteiger partial charge on any atom is -0.337 e. The van der Waals surface area contributed by atoms with Crippen molar-refractivity contribution in [2.45, 2.75) is 32.1 Å². The maximum atomic E-state index is 14.3. The minimum absolute atomic E-state index is 0. The van der Waals surface area contributed by atoms with Crippen LogP contribution in [0, 0.1) is 11.7 Å². The highest BCUT2D eigenvalue weighted by molar-refractivity contribution is 5.94. The zero-order chi connectivity index (χ0) is 18.1. The molecule has 2 aromatic rings. The van der Waals surface area contributed by atoms with Crippen LogP contribution in [0.2, 0.25) is 0 Å². The summed E-state index contributed by atoms with van der Waals surface area (Å²) in [6, 6.07) is 6.63. The molecule has 0 radical (unpaired) electrons. The Labute approximate surface area is 165 Å². The Kier molecular flexibility index (Phi) is 6.17. The SMILES string of the molecule is CNCC1CCCN(C(=O)c2nn(-c3ccccc3F)c3c2CCC3)C1.Cl. The van der Waals surface area contributed by atoms with Gasteiger partial charge in [-0.15, -0.1) is 12.4 Å². The third kappa shape index (κ3) is 3.73. The molecule has 2 heterocycles. The smallest absolute Gasteiger partial charge is 0.274 e. The number of piperidine rings is 1. The maximum absolute atomic E-state index is 14.3. The van der Waals surface area contributed by atoms with Gasteiger partial charge < -0.3 is 10.2 Å². The summed E-state index contributed by atoms with van der Waals surface area (Å²) in [6.45, 7) is 2.47. The lowest BCUT2D eigenvalue weighted by molar-refractivity contribution is 0.0666. The van der Waals surface area contributed by atoms with Gasteiger partial charge in [0.05, 0.1) is 0 Å². The summed E-state index contributed by atoms with van der Waals surface area (Å²) >= 11 is 0. The van der Waals surface area contributed by atoms with E-state index in [2.05, 4.69) is 10.4 Å². The number of hydrogen-bond donors (Lipinski definition) is 1. The van der Waals surface area contributed by atoms with Crippen molar-refractivity contribution in [1.82, 2.24) is 20.0 Å². The van der Waals surface area contributed by atoms with Gasteiger partial charge in [-0.25, -0.2) is 9.07 Å². The zero-order valence-electron chi connectivity index (χ0n) is 15.6. The molecule has 1 aliphatic carbocycles. The molecule has 1 aromatic heterocycles. The molecule has 1 amide bonds. The zero-order valence-corrected chi connectivity index (χ0v) is 16.4. The van der Waals surface area contributed by atoms with Crippen LogP contribution in [0.25, 0.3) is 5.69 Å². The molecule has 1 unspecified atom stereocenters. The van der Waals surface area contributed by atoms with Crippen LogP contribution in [0.1, 0.15) is 41.0 Å². The summed E-state index contributed by atoms with van der Waals surface area (Å²) in [5.74, 6) is 0.175. The van der Waals surface area contributed by atoms with E-state index >= 15 is 0 Å². The van der Waals surface area contributed by atoms with Gasteiger partial charge in [0, 0.05) is 24.3 Å². The average Bonchev–Trinajstić information content (AvgIpc) is 3.25. The molecule has 2 aliphatic rings. The highest BCUT2D eigenvalue weighted by atomic mass is 35.5. The maximum Gasteiger partial charge on any atom is 0.274 e. The summed E-state index contributed by atoms with van der Waals surface area (Å²) in [6.07, 6.45) is 4.84. The summed E-state index contributed by atoms with van der Waals surface area (Å²) < 4.78 is 15.9. The first-order valence-corrected chi connectivity index (χ1v) is 9.48. The lowest BCUT2D eigenvalue weighted by atomic mass is 9.97. The number of amides is 1. The molecule has 27 heavy (non-hydrogen) atoms. The second-order valence-corrected chi connectivity index (χ2v) is 7.31. The highest BCUT2D eigenvalue weighted by Gasteiger charge is 2.32. The van der Waals surface area contributed by atoms with Gasteiger partial charge in [-0.3, -0.25) is 4.79 Å². The fraction of sp³-hybridized carbons (Fsp3) is 0.500. The van der Waals surface area contributed by atoms with Crippen molar-refractivity contribution in [3.8, 4) is 5.69 Å². The van der Waals surface area contributed by atoms with Crippen molar-refractivity contribution >= 4 is 18.3 Å². The highest BCUT2D eigenvalue weighted by Crippen LogP contribution is 2.30. The van der Waals surface area contributed by atoms with Crippen LogP contribution < -0.4 is 5.32 Å². The predicted octanol–water partition coefficient (Wildman–Crippen LogP) is 2.99. The van der Waals surface area contributed by atoms with Gasteiger partial charge in [0.25, 0.3) is 5.91 Å². The molecule has 1 fully saturated rings. The second-order valence-electron chi connectivity index (χ2n) is 7.31. The third-order valence-electron chi connectivity index (χ3n) is 5.51. The first kappa shape index (κ1) is 19.8. The van der Waals surface area contributed by atoms with Crippen molar-refractivity contribution in [2.24, 2.45) is 5.92 Å². The summed E-state index contributed by atoms with van der Waals surface area (Å²) in [5.41, 5.74) is 2.94. The molecular formula is C20H26ClFN4O. The van der Waals surface area contributed by atoms with E-state index in [1.54, 1.807) is 22.9 Å². The van der Waals surface area contributed by atoms with Gasteiger partial charge in [0.2, 0.25) is 0 Å². The van der Waals surface area contributed by atoms with E-state index in [9.17, 15) is 9.18 Å². The van der Waals surface area contributed by atoms with Crippen molar-refractivity contribution in [1.29, 1.82) is 0 Å². The molecule has 1 N–H and O–H groups in total. The van der Waals surface area contributed by atoms with Crippen molar-refractivity contribution in [3.63, 3.8) is 0 Å². The number of carbonyl (C=O) groups is 1. The van der Waals surface area contributed by atoms with Gasteiger partial charge in [0.15, 0.2) is 5.69 Å². The van der Waals surface area contributed by atoms with Crippen LogP contribution in [0.15, 0.2) is 24.3 Å². The Morgan fingerprint density at radius 1 is 1.30 bits per heavy atom. The molecule has 1 aliphatic heterocycles. The largest absolute Gasteiger partial charge is 0.337 e. The van der Waals surface area contributed by atoms with E-state index in [4.69, 9.17) is 0 Å². The quantitative estimate of drug-likeness (QED) is 0.870. The summed E-state index contributed by atoms with van der Waals surface area (Å²) in [5, 5.41) is 7.79. The number of nitrogens with one attached hydrogen (secondary N) is 1. The standard InChI is InChI=1S/C20H25FN4O.ClH/c1-22-12-14-6-5-11-24(13-14)20(26)19-15-7-4-10-17(15)25(23-19)18-9-3-2-8-16(18)21;/h2-3,8-9,14,22H,4-7,10-13H2,1H3;1H. The van der Waals surface area contributed by atoms with E-state index in [0.29, 0.717) is 17.3 Å². The topological polar surface area (TPSA) is 50.2 Å². The Hall–Kier alpha value is -1.92. The van der Waals surface area contributed by atoms with Crippen LogP contribution in [0.3, 0.4) is 0 Å². The molecule has 146 valence electrons. The molecule has 1 atom stereocenters. The van der Waals surface area contributed by atoms with E-state index in [1.165, 1.54) is 6.07 Å². The van der Waals surface area contributed by atoms with Gasteiger partial charge in [-0.2, -0.15) is 5.10 Å². The fourth-order valence-electron chi connectivity index (χ4n) is 4.29. The molecule has 1 saturated heterocycles. The van der Waals surface area contributed by atoms with E-state index in [0.717, 1.165) is 63.0 Å². The summed E-state index contributed by atoms with van der Waals surface area (Å²) in [7, 11) is 1.95. The number of nitrogens with zero attached hydrogens (tertiary/aromatic N) is 3. The lowest BCUT2D eigenvalue weighted by Gasteiger charge is -2.32. The summed E-state index contributed by atoms with van der Waals surface area (Å²) in [4.78, 5) is 15.1. The number of aromatic nitrogens is 2. The fourth-order valence-corrected chi connectivity index (χ4v) is 4.29. The Morgan fingerprint density at radius 3 is 2.89 bits per heavy atom. The Bertz CT molecular complexity index is 820. The molecule has 0 saturated carbocycles. The number of para-hydroxylation sites is 1. The molecule has 4 rings (SSSR count). The number of carbonyl (C=O) groups excluding carboxylic acids is 1. The van der Waals surface area contributed by atoms with Crippen LogP contribution in [-0.2, 0) is 12.8 Å². The number of halogens is 2. The lowest BCUT2D eigenvalue weighted by Crippen LogP contribution is -2.42.